The van der Waals surface area contributed by atoms with Crippen molar-refractivity contribution in [2.75, 3.05) is 26.2 Å². The Labute approximate surface area is 81.7 Å². The molecular formula is C11H20N2. The molecule has 13 heavy (non-hydrogen) atoms. The summed E-state index contributed by atoms with van der Waals surface area (Å²) < 4.78 is 0. The van der Waals surface area contributed by atoms with Gasteiger partial charge in [-0.25, -0.2) is 0 Å². The van der Waals surface area contributed by atoms with Crippen molar-refractivity contribution in [3.63, 3.8) is 0 Å². The summed E-state index contributed by atoms with van der Waals surface area (Å²) in [5.41, 5.74) is -0.0357. The van der Waals surface area contributed by atoms with E-state index in [1.807, 2.05) is 0 Å². The van der Waals surface area contributed by atoms with Crippen LogP contribution in [0.15, 0.2) is 0 Å². The van der Waals surface area contributed by atoms with Gasteiger partial charge in [-0.2, -0.15) is 0 Å². The van der Waals surface area contributed by atoms with Crippen molar-refractivity contribution in [3.05, 3.63) is 0 Å². The second-order valence-electron chi connectivity index (χ2n) is 3.86. The number of hydrogen-bond donors (Lipinski definition) is 1. The second-order valence-corrected chi connectivity index (χ2v) is 3.86. The largest absolute Gasteiger partial charge is 0.315 e. The molecule has 0 radical (unpaired) electrons. The van der Waals surface area contributed by atoms with Gasteiger partial charge in [0.2, 0.25) is 0 Å². The fraction of sp³-hybridized carbons (Fsp3) is 0.818. The molecular weight excluding hydrogens is 160 g/mol. The first-order valence-electron chi connectivity index (χ1n) is 5.16. The van der Waals surface area contributed by atoms with Gasteiger partial charge in [0.05, 0.1) is 5.54 Å². The van der Waals surface area contributed by atoms with E-state index in [0.29, 0.717) is 0 Å². The van der Waals surface area contributed by atoms with Crippen LogP contribution < -0.4 is 5.32 Å². The predicted molar refractivity (Wildman–Crippen MR) is 56.6 cm³/mol. The van der Waals surface area contributed by atoms with E-state index in [2.05, 4.69) is 30.0 Å². The first-order valence-corrected chi connectivity index (χ1v) is 5.16. The smallest absolute Gasteiger partial charge is 0.0792 e. The Morgan fingerprint density at radius 2 is 2.23 bits per heavy atom. The maximum absolute atomic E-state index is 5.59. The van der Waals surface area contributed by atoms with Crippen molar-refractivity contribution < 1.29 is 0 Å². The topological polar surface area (TPSA) is 15.3 Å². The Bertz CT molecular complexity index is 187. The molecule has 1 saturated heterocycles. The van der Waals surface area contributed by atoms with E-state index in [9.17, 15) is 0 Å². The molecule has 0 saturated carbocycles. The van der Waals surface area contributed by atoms with Crippen LogP contribution in [-0.2, 0) is 0 Å². The van der Waals surface area contributed by atoms with Crippen LogP contribution in [0.3, 0.4) is 0 Å². The van der Waals surface area contributed by atoms with Gasteiger partial charge in [0.25, 0.3) is 0 Å². The molecule has 1 rings (SSSR count). The highest BCUT2D eigenvalue weighted by Gasteiger charge is 2.27. The third-order valence-electron chi connectivity index (χ3n) is 3.04. The van der Waals surface area contributed by atoms with Crippen LogP contribution >= 0.6 is 0 Å². The van der Waals surface area contributed by atoms with Crippen molar-refractivity contribution in [1.29, 1.82) is 0 Å². The van der Waals surface area contributed by atoms with Crippen LogP contribution in [0.4, 0.5) is 0 Å². The van der Waals surface area contributed by atoms with Gasteiger partial charge in [0, 0.05) is 19.6 Å². The molecule has 0 aliphatic carbocycles. The fourth-order valence-corrected chi connectivity index (χ4v) is 1.76. The molecule has 1 fully saturated rings. The van der Waals surface area contributed by atoms with Crippen LogP contribution in [0.2, 0.25) is 0 Å². The van der Waals surface area contributed by atoms with E-state index >= 15 is 0 Å². The van der Waals surface area contributed by atoms with E-state index in [-0.39, 0.29) is 5.54 Å². The molecule has 0 aromatic heterocycles. The summed E-state index contributed by atoms with van der Waals surface area (Å²) in [5, 5.41) is 3.39. The van der Waals surface area contributed by atoms with Crippen molar-refractivity contribution in [3.8, 4) is 12.3 Å². The van der Waals surface area contributed by atoms with E-state index in [0.717, 1.165) is 32.6 Å². The number of rotatable bonds is 2. The number of nitrogens with zero attached hydrogens (tertiary/aromatic N) is 1. The number of nitrogens with one attached hydrogen (secondary N) is 1. The van der Waals surface area contributed by atoms with Crippen LogP contribution in [0.25, 0.3) is 0 Å². The summed E-state index contributed by atoms with van der Waals surface area (Å²) >= 11 is 0. The Morgan fingerprint density at radius 3 is 2.85 bits per heavy atom. The average Bonchev–Trinajstić information content (AvgIpc) is 2.45. The van der Waals surface area contributed by atoms with Crippen molar-refractivity contribution in [2.24, 2.45) is 0 Å². The number of terminal acetylenes is 1. The molecule has 1 atom stereocenters. The summed E-state index contributed by atoms with van der Waals surface area (Å²) in [6.07, 6.45) is 7.82. The lowest BCUT2D eigenvalue weighted by Gasteiger charge is -2.35. The van der Waals surface area contributed by atoms with Gasteiger partial charge >= 0.3 is 0 Å². The third kappa shape index (κ3) is 2.46. The maximum atomic E-state index is 5.59. The Balaban J connectivity index is 2.62. The second kappa shape index (κ2) is 4.64. The van der Waals surface area contributed by atoms with E-state index in [4.69, 9.17) is 6.42 Å². The molecule has 2 nitrogen and oxygen atoms in total. The fourth-order valence-electron chi connectivity index (χ4n) is 1.76. The molecule has 74 valence electrons. The van der Waals surface area contributed by atoms with Gasteiger partial charge in [-0.3, -0.25) is 4.90 Å². The van der Waals surface area contributed by atoms with Gasteiger partial charge in [-0.15, -0.1) is 6.42 Å². The van der Waals surface area contributed by atoms with Crippen LogP contribution in [0.5, 0.6) is 0 Å². The zero-order chi connectivity index (χ0) is 9.73. The van der Waals surface area contributed by atoms with E-state index < -0.39 is 0 Å². The quantitative estimate of drug-likeness (QED) is 0.640. The first-order chi connectivity index (χ1) is 6.23. The lowest BCUT2D eigenvalue weighted by atomic mass is 9.97. The minimum atomic E-state index is -0.0357. The van der Waals surface area contributed by atoms with Gasteiger partial charge in [-0.05, 0) is 26.3 Å². The molecule has 0 spiro atoms. The SMILES string of the molecule is C#CC(C)(CC)N1CCCNCC1. The molecule has 0 aromatic rings. The van der Waals surface area contributed by atoms with Gasteiger partial charge in [0.15, 0.2) is 0 Å². The molecule has 2 heteroatoms. The average molecular weight is 180 g/mol. The summed E-state index contributed by atoms with van der Waals surface area (Å²) in [5.74, 6) is 2.92. The van der Waals surface area contributed by atoms with Crippen molar-refractivity contribution in [1.82, 2.24) is 10.2 Å². The number of hydrogen-bond acceptors (Lipinski definition) is 2. The lowest BCUT2D eigenvalue weighted by Crippen LogP contribution is -2.46. The Morgan fingerprint density at radius 1 is 1.46 bits per heavy atom. The minimum Gasteiger partial charge on any atom is -0.315 e. The zero-order valence-corrected chi connectivity index (χ0v) is 8.77. The molecule has 1 aliphatic rings. The van der Waals surface area contributed by atoms with Gasteiger partial charge in [0.1, 0.15) is 0 Å². The van der Waals surface area contributed by atoms with Crippen molar-refractivity contribution >= 4 is 0 Å². The standard InChI is InChI=1S/C11H20N2/c1-4-11(3,5-2)13-9-6-7-12-8-10-13/h1,12H,5-10H2,2-3H3. The van der Waals surface area contributed by atoms with Gasteiger partial charge in [-0.1, -0.05) is 12.8 Å². The monoisotopic (exact) mass is 180 g/mol. The highest BCUT2D eigenvalue weighted by molar-refractivity contribution is 5.10. The highest BCUT2D eigenvalue weighted by atomic mass is 15.2. The highest BCUT2D eigenvalue weighted by Crippen LogP contribution is 2.18. The first kappa shape index (κ1) is 10.6. The molecule has 1 N–H and O–H groups in total. The molecule has 1 heterocycles. The predicted octanol–water partition coefficient (Wildman–Crippen LogP) is 1.08. The molecule has 0 bridgehead atoms. The minimum absolute atomic E-state index is 0.0357. The summed E-state index contributed by atoms with van der Waals surface area (Å²) in [7, 11) is 0. The summed E-state index contributed by atoms with van der Waals surface area (Å²) in [6.45, 7) is 8.73. The third-order valence-corrected chi connectivity index (χ3v) is 3.04. The Hall–Kier alpha value is -0.520. The molecule has 0 amide bonds. The molecule has 0 aromatic carbocycles. The molecule has 1 unspecified atom stereocenters. The Kier molecular flexibility index (Phi) is 3.77. The normalized spacial score (nSPS) is 24.4. The van der Waals surface area contributed by atoms with Crippen molar-refractivity contribution in [2.45, 2.75) is 32.2 Å². The zero-order valence-electron chi connectivity index (χ0n) is 8.77. The van der Waals surface area contributed by atoms with Crippen LogP contribution in [0.1, 0.15) is 26.7 Å². The lowest BCUT2D eigenvalue weighted by molar-refractivity contribution is 0.160. The summed E-state index contributed by atoms with van der Waals surface area (Å²) in [6, 6.07) is 0. The summed E-state index contributed by atoms with van der Waals surface area (Å²) in [4.78, 5) is 2.42. The van der Waals surface area contributed by atoms with E-state index in [1.54, 1.807) is 0 Å². The van der Waals surface area contributed by atoms with Gasteiger partial charge < -0.3 is 5.32 Å². The van der Waals surface area contributed by atoms with Crippen LogP contribution in [-0.4, -0.2) is 36.6 Å². The van der Waals surface area contributed by atoms with Crippen LogP contribution in [0, 0.1) is 12.3 Å². The van der Waals surface area contributed by atoms with E-state index in [1.165, 1.54) is 6.42 Å². The molecule has 1 aliphatic heterocycles. The maximum Gasteiger partial charge on any atom is 0.0792 e.